The smallest absolute Gasteiger partial charge is 0.233 e. The van der Waals surface area contributed by atoms with Crippen molar-refractivity contribution in [1.29, 1.82) is 0 Å². The van der Waals surface area contributed by atoms with Gasteiger partial charge in [0.2, 0.25) is 5.91 Å². The molecular formula is C15H19ClN2OS. The maximum absolute atomic E-state index is 12.2. The number of carbonyl (C=O) groups is 1. The number of carbonyl (C=O) groups excluding carboxylic acids is 1. The van der Waals surface area contributed by atoms with Crippen molar-refractivity contribution in [1.82, 2.24) is 10.2 Å². The van der Waals surface area contributed by atoms with Gasteiger partial charge in [-0.1, -0.05) is 29.8 Å². The highest BCUT2D eigenvalue weighted by Crippen LogP contribution is 2.42. The number of hydrogen-bond acceptors (Lipinski definition) is 3. The van der Waals surface area contributed by atoms with Gasteiger partial charge in [0.25, 0.3) is 0 Å². The van der Waals surface area contributed by atoms with E-state index in [9.17, 15) is 4.79 Å². The molecule has 108 valence electrons. The number of piperidine rings is 1. The maximum atomic E-state index is 12.2. The van der Waals surface area contributed by atoms with E-state index < -0.39 is 0 Å². The Balaban J connectivity index is 1.76. The fourth-order valence-electron chi connectivity index (χ4n) is 2.93. The molecule has 3 nitrogen and oxygen atoms in total. The molecule has 2 aliphatic rings. The van der Waals surface area contributed by atoms with Gasteiger partial charge in [0.15, 0.2) is 0 Å². The lowest BCUT2D eigenvalue weighted by atomic mass is 9.97. The molecule has 2 aliphatic heterocycles. The number of rotatable bonds is 3. The van der Waals surface area contributed by atoms with Crippen LogP contribution in [0.4, 0.5) is 0 Å². The van der Waals surface area contributed by atoms with Gasteiger partial charge in [-0.3, -0.25) is 4.79 Å². The summed E-state index contributed by atoms with van der Waals surface area (Å²) in [5, 5.41) is 4.22. The van der Waals surface area contributed by atoms with Crippen molar-refractivity contribution >= 4 is 29.3 Å². The summed E-state index contributed by atoms with van der Waals surface area (Å²) in [7, 11) is 0. The van der Waals surface area contributed by atoms with E-state index in [1.807, 2.05) is 29.2 Å². The molecule has 1 N–H and O–H groups in total. The van der Waals surface area contributed by atoms with Crippen LogP contribution in [0.2, 0.25) is 5.02 Å². The van der Waals surface area contributed by atoms with Crippen LogP contribution in [-0.2, 0) is 4.79 Å². The summed E-state index contributed by atoms with van der Waals surface area (Å²) in [6.07, 6.45) is 2.31. The van der Waals surface area contributed by atoms with E-state index in [0.717, 1.165) is 43.1 Å². The number of halogens is 1. The van der Waals surface area contributed by atoms with Crippen LogP contribution >= 0.6 is 23.4 Å². The molecule has 0 saturated carbocycles. The highest BCUT2D eigenvalue weighted by Gasteiger charge is 2.35. The van der Waals surface area contributed by atoms with Crippen LogP contribution in [0.3, 0.4) is 0 Å². The van der Waals surface area contributed by atoms with Gasteiger partial charge in [-0.25, -0.2) is 0 Å². The molecule has 1 aromatic rings. The predicted octanol–water partition coefficient (Wildman–Crippen LogP) is 2.91. The highest BCUT2D eigenvalue weighted by molar-refractivity contribution is 8.00. The Hall–Kier alpha value is -0.710. The van der Waals surface area contributed by atoms with E-state index in [4.69, 9.17) is 11.6 Å². The first-order valence-electron chi connectivity index (χ1n) is 7.12. The van der Waals surface area contributed by atoms with Crippen LogP contribution in [0.1, 0.15) is 23.8 Å². The largest absolute Gasteiger partial charge is 0.325 e. The van der Waals surface area contributed by atoms with Crippen LogP contribution < -0.4 is 5.32 Å². The molecule has 5 heteroatoms. The second-order valence-corrected chi connectivity index (χ2v) is 6.90. The fraction of sp³-hybridized carbons (Fsp3) is 0.533. The molecule has 0 aliphatic carbocycles. The summed E-state index contributed by atoms with van der Waals surface area (Å²) in [5.74, 6) is 1.43. The minimum absolute atomic E-state index is 0.0890. The van der Waals surface area contributed by atoms with E-state index in [0.29, 0.717) is 11.7 Å². The molecule has 2 fully saturated rings. The number of nitrogens with one attached hydrogen (secondary N) is 1. The number of nitrogens with zero attached hydrogens (tertiary/aromatic N) is 1. The standard InChI is InChI=1S/C15H19ClN2OS/c16-13-4-2-1-3-12(13)15-18(14(19)10-20-15)9-11-5-7-17-8-6-11/h1-4,11,15,17H,5-10H2. The average molecular weight is 311 g/mol. The zero-order valence-corrected chi connectivity index (χ0v) is 12.9. The first-order valence-corrected chi connectivity index (χ1v) is 8.54. The van der Waals surface area contributed by atoms with Crippen LogP contribution in [0.25, 0.3) is 0 Å². The topological polar surface area (TPSA) is 32.3 Å². The van der Waals surface area contributed by atoms with Gasteiger partial charge < -0.3 is 10.2 Å². The number of hydrogen-bond donors (Lipinski definition) is 1. The number of thioether (sulfide) groups is 1. The Morgan fingerprint density at radius 1 is 1.30 bits per heavy atom. The van der Waals surface area contributed by atoms with Gasteiger partial charge in [-0.15, -0.1) is 11.8 Å². The molecule has 1 atom stereocenters. The molecule has 0 aromatic heterocycles. The third-order valence-corrected chi connectivity index (χ3v) is 5.63. The van der Waals surface area contributed by atoms with Crippen molar-refractivity contribution in [3.63, 3.8) is 0 Å². The van der Waals surface area contributed by atoms with Gasteiger partial charge >= 0.3 is 0 Å². The van der Waals surface area contributed by atoms with E-state index in [2.05, 4.69) is 5.32 Å². The Labute approximate surface area is 129 Å². The minimum Gasteiger partial charge on any atom is -0.325 e. The molecule has 1 aromatic carbocycles. The van der Waals surface area contributed by atoms with Crippen molar-refractivity contribution in [3.8, 4) is 0 Å². The molecule has 2 heterocycles. The first kappa shape index (κ1) is 14.2. The van der Waals surface area contributed by atoms with Gasteiger partial charge in [0.05, 0.1) is 5.75 Å². The van der Waals surface area contributed by atoms with Crippen molar-refractivity contribution in [2.24, 2.45) is 5.92 Å². The van der Waals surface area contributed by atoms with Crippen LogP contribution in [0, 0.1) is 5.92 Å². The van der Waals surface area contributed by atoms with Crippen LogP contribution in [0.5, 0.6) is 0 Å². The molecule has 0 bridgehead atoms. The van der Waals surface area contributed by atoms with Crippen LogP contribution in [-0.4, -0.2) is 36.2 Å². The number of benzene rings is 1. The van der Waals surface area contributed by atoms with Gasteiger partial charge in [0.1, 0.15) is 5.37 Å². The zero-order valence-electron chi connectivity index (χ0n) is 11.3. The Morgan fingerprint density at radius 3 is 2.80 bits per heavy atom. The fourth-order valence-corrected chi connectivity index (χ4v) is 4.47. The molecular weight excluding hydrogens is 292 g/mol. The molecule has 2 saturated heterocycles. The average Bonchev–Trinajstić information content (AvgIpc) is 2.82. The first-order chi connectivity index (χ1) is 9.75. The molecule has 0 radical (unpaired) electrons. The van der Waals surface area contributed by atoms with E-state index in [-0.39, 0.29) is 11.3 Å². The molecule has 1 amide bonds. The molecule has 20 heavy (non-hydrogen) atoms. The summed E-state index contributed by atoms with van der Waals surface area (Å²) in [5.41, 5.74) is 1.07. The molecule has 0 spiro atoms. The van der Waals surface area contributed by atoms with E-state index in [1.165, 1.54) is 0 Å². The normalized spacial score (nSPS) is 24.4. The highest BCUT2D eigenvalue weighted by atomic mass is 35.5. The zero-order chi connectivity index (χ0) is 13.9. The third kappa shape index (κ3) is 2.97. The van der Waals surface area contributed by atoms with Gasteiger partial charge in [-0.2, -0.15) is 0 Å². The Bertz CT molecular complexity index is 491. The predicted molar refractivity (Wildman–Crippen MR) is 84.0 cm³/mol. The Kier molecular flexibility index (Phi) is 4.54. The molecule has 1 unspecified atom stereocenters. The van der Waals surface area contributed by atoms with Crippen molar-refractivity contribution in [3.05, 3.63) is 34.9 Å². The minimum atomic E-state index is 0.0890. The summed E-state index contributed by atoms with van der Waals surface area (Å²) in [6, 6.07) is 7.87. The quantitative estimate of drug-likeness (QED) is 0.931. The second-order valence-electron chi connectivity index (χ2n) is 5.42. The number of amides is 1. The van der Waals surface area contributed by atoms with Crippen molar-refractivity contribution in [2.45, 2.75) is 18.2 Å². The van der Waals surface area contributed by atoms with E-state index >= 15 is 0 Å². The summed E-state index contributed by atoms with van der Waals surface area (Å²) in [4.78, 5) is 14.2. The lowest BCUT2D eigenvalue weighted by Crippen LogP contribution is -2.38. The van der Waals surface area contributed by atoms with E-state index in [1.54, 1.807) is 11.8 Å². The molecule has 3 rings (SSSR count). The summed E-state index contributed by atoms with van der Waals surface area (Å²) >= 11 is 7.99. The lowest BCUT2D eigenvalue weighted by Gasteiger charge is -2.31. The summed E-state index contributed by atoms with van der Waals surface area (Å²) < 4.78 is 0. The maximum Gasteiger partial charge on any atom is 0.233 e. The third-order valence-electron chi connectivity index (χ3n) is 4.05. The van der Waals surface area contributed by atoms with Crippen molar-refractivity contribution < 1.29 is 4.79 Å². The van der Waals surface area contributed by atoms with Crippen LogP contribution in [0.15, 0.2) is 24.3 Å². The van der Waals surface area contributed by atoms with Gasteiger partial charge in [0, 0.05) is 17.1 Å². The Morgan fingerprint density at radius 2 is 2.05 bits per heavy atom. The summed E-state index contributed by atoms with van der Waals surface area (Å²) in [6.45, 7) is 3.00. The lowest BCUT2D eigenvalue weighted by molar-refractivity contribution is -0.128. The monoisotopic (exact) mass is 310 g/mol. The van der Waals surface area contributed by atoms with Gasteiger partial charge in [-0.05, 0) is 37.9 Å². The van der Waals surface area contributed by atoms with Crippen molar-refractivity contribution in [2.75, 3.05) is 25.4 Å². The second kappa shape index (κ2) is 6.37. The SMILES string of the molecule is O=C1CSC(c2ccccc2Cl)N1CC1CCNCC1.